The smallest absolute Gasteiger partial charge is 0.278 e. The summed E-state index contributed by atoms with van der Waals surface area (Å²) in [6.07, 6.45) is 3.38. The molecule has 2 amide bonds. The molecule has 0 spiro atoms. The number of benzene rings is 1. The Bertz CT molecular complexity index is 876. The zero-order chi connectivity index (χ0) is 21.6. The SMILES string of the molecule is Cc1nonc1C(=O)N1CCCC(CCC(=O)N2CCN(Cc3ccccc3)CC2)C1. The van der Waals surface area contributed by atoms with Gasteiger partial charge in [0, 0.05) is 52.2 Å². The number of piperidine rings is 1. The van der Waals surface area contributed by atoms with Gasteiger partial charge in [0.1, 0.15) is 5.69 Å². The van der Waals surface area contributed by atoms with Crippen molar-refractivity contribution in [3.63, 3.8) is 0 Å². The van der Waals surface area contributed by atoms with E-state index in [0.717, 1.165) is 58.5 Å². The largest absolute Gasteiger partial charge is 0.340 e. The van der Waals surface area contributed by atoms with Crippen molar-refractivity contribution >= 4 is 11.8 Å². The number of carbonyl (C=O) groups excluding carboxylic acids is 2. The highest BCUT2D eigenvalue weighted by molar-refractivity contribution is 5.93. The molecule has 2 aromatic rings. The van der Waals surface area contributed by atoms with Crippen LogP contribution in [0.1, 0.15) is 47.4 Å². The van der Waals surface area contributed by atoms with Gasteiger partial charge in [-0.3, -0.25) is 14.5 Å². The van der Waals surface area contributed by atoms with Gasteiger partial charge in [0.2, 0.25) is 5.91 Å². The first kappa shape index (κ1) is 21.5. The fourth-order valence-corrected chi connectivity index (χ4v) is 4.54. The summed E-state index contributed by atoms with van der Waals surface area (Å²) in [5.41, 5.74) is 2.13. The Balaban J connectivity index is 1.20. The van der Waals surface area contributed by atoms with E-state index >= 15 is 0 Å². The standard InChI is InChI=1S/C23H31N5O3/c1-18-22(25-31-24-18)23(30)28-11-5-8-20(17-28)9-10-21(29)27-14-12-26(13-15-27)16-19-6-3-2-4-7-19/h2-4,6-7,20H,5,8-17H2,1H3. The van der Waals surface area contributed by atoms with E-state index in [1.807, 2.05) is 15.9 Å². The third-order valence-corrected chi connectivity index (χ3v) is 6.40. The molecule has 2 fully saturated rings. The molecule has 2 aliphatic rings. The molecular weight excluding hydrogens is 394 g/mol. The summed E-state index contributed by atoms with van der Waals surface area (Å²) >= 11 is 0. The quantitative estimate of drug-likeness (QED) is 0.707. The number of rotatable bonds is 6. The lowest BCUT2D eigenvalue weighted by atomic mass is 9.93. The molecule has 0 aliphatic carbocycles. The minimum atomic E-state index is -0.121. The summed E-state index contributed by atoms with van der Waals surface area (Å²) in [6, 6.07) is 10.5. The number of hydrogen-bond donors (Lipinski definition) is 0. The van der Waals surface area contributed by atoms with Gasteiger partial charge >= 0.3 is 0 Å². The lowest BCUT2D eigenvalue weighted by molar-refractivity contribution is -0.133. The van der Waals surface area contributed by atoms with Crippen molar-refractivity contribution in [2.75, 3.05) is 39.3 Å². The molecule has 8 heteroatoms. The normalized spacial score (nSPS) is 20.1. The summed E-state index contributed by atoms with van der Waals surface area (Å²) in [4.78, 5) is 31.6. The lowest BCUT2D eigenvalue weighted by Gasteiger charge is -2.36. The number of piperazine rings is 1. The Morgan fingerprint density at radius 3 is 2.52 bits per heavy atom. The number of likely N-dealkylation sites (tertiary alicyclic amines) is 1. The van der Waals surface area contributed by atoms with Gasteiger partial charge in [-0.2, -0.15) is 0 Å². The minimum absolute atomic E-state index is 0.121. The van der Waals surface area contributed by atoms with Crippen molar-refractivity contribution in [2.45, 2.75) is 39.2 Å². The molecule has 8 nitrogen and oxygen atoms in total. The molecule has 31 heavy (non-hydrogen) atoms. The van der Waals surface area contributed by atoms with Crippen LogP contribution in [0.4, 0.5) is 0 Å². The highest BCUT2D eigenvalue weighted by Gasteiger charge is 2.29. The third kappa shape index (κ3) is 5.50. The third-order valence-electron chi connectivity index (χ3n) is 6.40. The molecule has 1 unspecified atom stereocenters. The number of carbonyl (C=O) groups is 2. The molecule has 1 atom stereocenters. The summed E-state index contributed by atoms with van der Waals surface area (Å²) in [5.74, 6) is 0.463. The molecule has 3 heterocycles. The van der Waals surface area contributed by atoms with Gasteiger partial charge in [0.05, 0.1) is 0 Å². The second-order valence-electron chi connectivity index (χ2n) is 8.64. The van der Waals surface area contributed by atoms with Gasteiger partial charge in [-0.25, -0.2) is 4.63 Å². The summed E-state index contributed by atoms with van der Waals surface area (Å²) in [7, 11) is 0. The lowest BCUT2D eigenvalue weighted by Crippen LogP contribution is -2.48. The van der Waals surface area contributed by atoms with Crippen molar-refractivity contribution in [2.24, 2.45) is 5.92 Å². The maximum atomic E-state index is 12.7. The number of hydrogen-bond acceptors (Lipinski definition) is 6. The van der Waals surface area contributed by atoms with Gasteiger partial charge in [0.25, 0.3) is 5.91 Å². The van der Waals surface area contributed by atoms with Crippen LogP contribution in [-0.2, 0) is 11.3 Å². The van der Waals surface area contributed by atoms with E-state index < -0.39 is 0 Å². The van der Waals surface area contributed by atoms with E-state index in [9.17, 15) is 9.59 Å². The van der Waals surface area contributed by atoms with Gasteiger partial charge in [-0.05, 0) is 42.8 Å². The Hall–Kier alpha value is -2.74. The number of amides is 2. The summed E-state index contributed by atoms with van der Waals surface area (Å²) < 4.78 is 4.67. The average molecular weight is 426 g/mol. The molecule has 0 bridgehead atoms. The van der Waals surface area contributed by atoms with Crippen molar-refractivity contribution in [1.29, 1.82) is 0 Å². The van der Waals surface area contributed by atoms with Gasteiger partial charge in [0.15, 0.2) is 5.69 Å². The number of nitrogens with zero attached hydrogens (tertiary/aromatic N) is 5. The van der Waals surface area contributed by atoms with Crippen LogP contribution in [0.25, 0.3) is 0 Å². The zero-order valence-corrected chi connectivity index (χ0v) is 18.2. The van der Waals surface area contributed by atoms with E-state index in [1.165, 1.54) is 5.56 Å². The van der Waals surface area contributed by atoms with Crippen molar-refractivity contribution in [3.05, 3.63) is 47.3 Å². The molecule has 0 radical (unpaired) electrons. The molecule has 166 valence electrons. The number of aromatic nitrogens is 2. The second kappa shape index (κ2) is 10.0. The number of aryl methyl sites for hydroxylation is 1. The topological polar surface area (TPSA) is 82.8 Å². The Labute approximate surface area is 183 Å². The van der Waals surface area contributed by atoms with Crippen LogP contribution < -0.4 is 0 Å². The first-order valence-corrected chi connectivity index (χ1v) is 11.2. The Morgan fingerprint density at radius 1 is 1.03 bits per heavy atom. The van der Waals surface area contributed by atoms with Crippen LogP contribution in [0.2, 0.25) is 0 Å². The fraction of sp³-hybridized carbons (Fsp3) is 0.565. The van der Waals surface area contributed by atoms with Crippen LogP contribution in [0, 0.1) is 12.8 Å². The predicted octanol–water partition coefficient (Wildman–Crippen LogP) is 2.35. The second-order valence-corrected chi connectivity index (χ2v) is 8.64. The first-order chi connectivity index (χ1) is 15.1. The van der Waals surface area contributed by atoms with Crippen LogP contribution in [0.5, 0.6) is 0 Å². The predicted molar refractivity (Wildman–Crippen MR) is 115 cm³/mol. The van der Waals surface area contributed by atoms with E-state index in [0.29, 0.717) is 30.3 Å². The van der Waals surface area contributed by atoms with Crippen LogP contribution >= 0.6 is 0 Å². The zero-order valence-electron chi connectivity index (χ0n) is 18.2. The van der Waals surface area contributed by atoms with Crippen molar-refractivity contribution in [3.8, 4) is 0 Å². The van der Waals surface area contributed by atoms with Crippen molar-refractivity contribution in [1.82, 2.24) is 25.0 Å². The van der Waals surface area contributed by atoms with E-state index in [-0.39, 0.29) is 11.8 Å². The maximum absolute atomic E-state index is 12.7. The molecule has 4 rings (SSSR count). The van der Waals surface area contributed by atoms with Gasteiger partial charge in [-0.1, -0.05) is 35.5 Å². The fourth-order valence-electron chi connectivity index (χ4n) is 4.54. The highest BCUT2D eigenvalue weighted by Crippen LogP contribution is 2.23. The minimum Gasteiger partial charge on any atom is -0.340 e. The molecule has 0 N–H and O–H groups in total. The molecule has 2 saturated heterocycles. The van der Waals surface area contributed by atoms with Gasteiger partial charge < -0.3 is 9.80 Å². The van der Waals surface area contributed by atoms with Crippen LogP contribution in [0.15, 0.2) is 35.0 Å². The maximum Gasteiger partial charge on any atom is 0.278 e. The van der Waals surface area contributed by atoms with Gasteiger partial charge in [-0.15, -0.1) is 0 Å². The monoisotopic (exact) mass is 425 g/mol. The Kier molecular flexibility index (Phi) is 6.96. The molecule has 1 aromatic heterocycles. The molecular formula is C23H31N5O3. The highest BCUT2D eigenvalue weighted by atomic mass is 16.6. The molecule has 2 aliphatic heterocycles. The summed E-state index contributed by atoms with van der Waals surface area (Å²) in [5, 5.41) is 7.45. The summed E-state index contributed by atoms with van der Waals surface area (Å²) in [6.45, 7) is 7.47. The van der Waals surface area contributed by atoms with E-state index in [1.54, 1.807) is 6.92 Å². The first-order valence-electron chi connectivity index (χ1n) is 11.2. The Morgan fingerprint density at radius 2 is 1.81 bits per heavy atom. The van der Waals surface area contributed by atoms with E-state index in [4.69, 9.17) is 0 Å². The van der Waals surface area contributed by atoms with E-state index in [2.05, 4.69) is 44.1 Å². The molecule has 1 aromatic carbocycles. The average Bonchev–Trinajstić information content (AvgIpc) is 3.24. The molecule has 0 saturated carbocycles. The van der Waals surface area contributed by atoms with Crippen LogP contribution in [-0.4, -0.2) is 76.1 Å². The van der Waals surface area contributed by atoms with Crippen molar-refractivity contribution < 1.29 is 14.2 Å². The van der Waals surface area contributed by atoms with Crippen LogP contribution in [0.3, 0.4) is 0 Å².